The van der Waals surface area contributed by atoms with Crippen molar-refractivity contribution in [2.24, 2.45) is 17.8 Å². The molecule has 1 aliphatic heterocycles. The second-order valence-corrected chi connectivity index (χ2v) is 12.3. The Labute approximate surface area is 257 Å². The van der Waals surface area contributed by atoms with Gasteiger partial charge in [0.15, 0.2) is 0 Å². The molecule has 242 valence electrons. The van der Waals surface area contributed by atoms with E-state index < -0.39 is 36.0 Å². The highest BCUT2D eigenvalue weighted by Gasteiger charge is 2.42. The molecule has 3 amide bonds. The molecule has 0 aromatic heterocycles. The predicted octanol–water partition coefficient (Wildman–Crippen LogP) is 3.76. The molecule has 43 heavy (non-hydrogen) atoms. The van der Waals surface area contributed by atoms with Crippen LogP contribution in [-0.2, 0) is 35.1 Å². The SMILES string of the molecule is CCC(C)[C@@H](C(CC(=O)N1CCC[C@H]1C(OC)C(C)C(=O)NC(Cc1ccccc1)C(=O)O)OC)N(C)C(=O)CC(C)C. The van der Waals surface area contributed by atoms with Gasteiger partial charge in [0.1, 0.15) is 6.04 Å². The minimum absolute atomic E-state index is 0.0278. The van der Waals surface area contributed by atoms with E-state index in [1.165, 1.54) is 7.11 Å². The van der Waals surface area contributed by atoms with Gasteiger partial charge in [0, 0.05) is 40.7 Å². The van der Waals surface area contributed by atoms with Crippen molar-refractivity contribution in [3.63, 3.8) is 0 Å². The fourth-order valence-corrected chi connectivity index (χ4v) is 6.17. The number of nitrogens with zero attached hydrogens (tertiary/aromatic N) is 2. The van der Waals surface area contributed by atoms with Crippen molar-refractivity contribution in [3.05, 3.63) is 35.9 Å². The number of hydrogen-bond acceptors (Lipinski definition) is 6. The first-order valence-corrected chi connectivity index (χ1v) is 15.5. The second-order valence-electron chi connectivity index (χ2n) is 12.3. The van der Waals surface area contributed by atoms with E-state index in [0.717, 1.165) is 18.4 Å². The fourth-order valence-electron chi connectivity index (χ4n) is 6.17. The molecule has 0 radical (unpaired) electrons. The number of likely N-dealkylation sites (tertiary alicyclic amines) is 1. The zero-order valence-corrected chi connectivity index (χ0v) is 27.2. The number of rotatable bonds is 17. The molecule has 5 unspecified atom stereocenters. The lowest BCUT2D eigenvalue weighted by molar-refractivity contribution is -0.147. The molecule has 0 bridgehead atoms. The number of carboxylic acids is 1. The molecule has 2 rings (SSSR count). The van der Waals surface area contributed by atoms with E-state index in [1.807, 2.05) is 44.2 Å². The quantitative estimate of drug-likeness (QED) is 0.278. The van der Waals surface area contributed by atoms with Crippen LogP contribution in [0.4, 0.5) is 0 Å². The Balaban J connectivity index is 2.18. The smallest absolute Gasteiger partial charge is 0.326 e. The molecule has 7 atom stereocenters. The number of ether oxygens (including phenoxy) is 2. The van der Waals surface area contributed by atoms with Crippen molar-refractivity contribution in [2.75, 3.05) is 27.8 Å². The molecule has 0 aliphatic carbocycles. The Hall–Kier alpha value is -2.98. The van der Waals surface area contributed by atoms with Gasteiger partial charge >= 0.3 is 5.97 Å². The molecule has 1 aromatic carbocycles. The van der Waals surface area contributed by atoms with Gasteiger partial charge in [-0.2, -0.15) is 0 Å². The Morgan fingerprint density at radius 1 is 1.05 bits per heavy atom. The highest BCUT2D eigenvalue weighted by atomic mass is 16.5. The largest absolute Gasteiger partial charge is 0.480 e. The molecule has 2 N–H and O–H groups in total. The third-order valence-electron chi connectivity index (χ3n) is 8.78. The Morgan fingerprint density at radius 3 is 2.23 bits per heavy atom. The van der Waals surface area contributed by atoms with Gasteiger partial charge in [-0.1, -0.05) is 71.4 Å². The number of methoxy groups -OCH3 is 2. The van der Waals surface area contributed by atoms with Crippen LogP contribution in [0, 0.1) is 17.8 Å². The van der Waals surface area contributed by atoms with E-state index in [4.69, 9.17) is 9.47 Å². The van der Waals surface area contributed by atoms with Crippen LogP contribution in [0.25, 0.3) is 0 Å². The van der Waals surface area contributed by atoms with Gasteiger partial charge in [-0.15, -0.1) is 0 Å². The van der Waals surface area contributed by atoms with Crippen molar-refractivity contribution in [3.8, 4) is 0 Å². The van der Waals surface area contributed by atoms with E-state index >= 15 is 0 Å². The maximum Gasteiger partial charge on any atom is 0.326 e. The lowest BCUT2D eigenvalue weighted by Crippen LogP contribution is -2.54. The maximum atomic E-state index is 13.8. The highest BCUT2D eigenvalue weighted by molar-refractivity contribution is 5.85. The van der Waals surface area contributed by atoms with E-state index in [0.29, 0.717) is 19.4 Å². The first-order valence-electron chi connectivity index (χ1n) is 15.5. The topological polar surface area (TPSA) is 125 Å². The van der Waals surface area contributed by atoms with E-state index in [9.17, 15) is 24.3 Å². The lowest BCUT2D eigenvalue weighted by Gasteiger charge is -2.39. The van der Waals surface area contributed by atoms with Gasteiger partial charge < -0.3 is 29.7 Å². The summed E-state index contributed by atoms with van der Waals surface area (Å²) in [6.07, 6.45) is 1.79. The summed E-state index contributed by atoms with van der Waals surface area (Å²) in [7, 11) is 4.88. The number of amides is 3. The molecule has 1 aromatic rings. The summed E-state index contributed by atoms with van der Waals surface area (Å²) in [6, 6.07) is 7.43. The second kappa shape index (κ2) is 17.3. The highest BCUT2D eigenvalue weighted by Crippen LogP contribution is 2.29. The summed E-state index contributed by atoms with van der Waals surface area (Å²) >= 11 is 0. The number of carbonyl (C=O) groups excluding carboxylic acids is 3. The molecule has 0 spiro atoms. The number of hydrogen-bond donors (Lipinski definition) is 2. The first-order chi connectivity index (χ1) is 20.4. The number of likely N-dealkylation sites (N-methyl/N-ethyl adjacent to an activating group) is 1. The third kappa shape index (κ3) is 10.0. The molecule has 10 heteroatoms. The van der Waals surface area contributed by atoms with Crippen molar-refractivity contribution < 1.29 is 33.8 Å². The summed E-state index contributed by atoms with van der Waals surface area (Å²) < 4.78 is 11.7. The minimum Gasteiger partial charge on any atom is -0.480 e. The van der Waals surface area contributed by atoms with Crippen LogP contribution >= 0.6 is 0 Å². The number of benzene rings is 1. The van der Waals surface area contributed by atoms with Crippen LogP contribution in [0.5, 0.6) is 0 Å². The summed E-state index contributed by atoms with van der Waals surface area (Å²) in [6.45, 7) is 10.4. The van der Waals surface area contributed by atoms with Gasteiger partial charge in [-0.25, -0.2) is 4.79 Å². The molecule has 1 heterocycles. The van der Waals surface area contributed by atoms with Crippen molar-refractivity contribution >= 4 is 23.7 Å². The fraction of sp³-hybridized carbons (Fsp3) is 0.697. The molecule has 1 fully saturated rings. The summed E-state index contributed by atoms with van der Waals surface area (Å²) in [5.74, 6) is -2.02. The molecular formula is C33H53N3O7. The van der Waals surface area contributed by atoms with E-state index in [2.05, 4.69) is 19.2 Å². The Bertz CT molecular complexity index is 1050. The molecule has 0 saturated carbocycles. The van der Waals surface area contributed by atoms with Crippen LogP contribution in [0.3, 0.4) is 0 Å². The summed E-state index contributed by atoms with van der Waals surface area (Å²) in [5, 5.41) is 12.5. The van der Waals surface area contributed by atoms with Crippen molar-refractivity contribution in [1.82, 2.24) is 15.1 Å². The van der Waals surface area contributed by atoms with E-state index in [1.54, 1.807) is 30.9 Å². The monoisotopic (exact) mass is 603 g/mol. The van der Waals surface area contributed by atoms with Crippen LogP contribution < -0.4 is 5.32 Å². The molecule has 1 saturated heterocycles. The normalized spacial score (nSPS) is 19.3. The first kappa shape index (κ1) is 36.2. The zero-order valence-electron chi connectivity index (χ0n) is 27.2. The standard InChI is InChI=1S/C33H53N3O7/c1-9-22(4)30(35(6)28(37)18-21(2)3)27(42-7)20-29(38)36-17-13-16-26(36)31(43-8)23(5)32(39)34-25(33(40)41)19-24-14-11-10-12-15-24/h10-12,14-15,21-23,25-27,30-31H,9,13,16-20H2,1-8H3,(H,34,39)(H,40,41)/t22?,23?,25?,26-,27?,30-,31?/m0/s1. The minimum atomic E-state index is -1.12. The number of nitrogens with one attached hydrogen (secondary N) is 1. The van der Waals surface area contributed by atoms with Crippen LogP contribution in [-0.4, -0.2) is 96.7 Å². The third-order valence-corrected chi connectivity index (χ3v) is 8.78. The molecule has 1 aliphatic rings. The molecule has 10 nitrogen and oxygen atoms in total. The van der Waals surface area contributed by atoms with Crippen LogP contribution in [0.2, 0.25) is 0 Å². The zero-order chi connectivity index (χ0) is 32.3. The van der Waals surface area contributed by atoms with E-state index in [-0.39, 0.29) is 48.6 Å². The van der Waals surface area contributed by atoms with Crippen LogP contribution in [0.1, 0.15) is 72.3 Å². The lowest BCUT2D eigenvalue weighted by atomic mass is 9.90. The van der Waals surface area contributed by atoms with Gasteiger partial charge in [-0.3, -0.25) is 14.4 Å². The van der Waals surface area contributed by atoms with Crippen LogP contribution in [0.15, 0.2) is 30.3 Å². The van der Waals surface area contributed by atoms with Gasteiger partial charge in [-0.05, 0) is 30.2 Å². The molecular weight excluding hydrogens is 550 g/mol. The Morgan fingerprint density at radius 2 is 1.70 bits per heavy atom. The summed E-state index contributed by atoms with van der Waals surface area (Å²) in [5.41, 5.74) is 0.804. The van der Waals surface area contributed by atoms with Gasteiger partial charge in [0.25, 0.3) is 0 Å². The average Bonchev–Trinajstić information content (AvgIpc) is 3.46. The average molecular weight is 604 g/mol. The number of carboxylic acid groups (broad SMARTS) is 1. The van der Waals surface area contributed by atoms with Gasteiger partial charge in [0.05, 0.1) is 36.6 Å². The maximum absolute atomic E-state index is 13.8. The summed E-state index contributed by atoms with van der Waals surface area (Å²) in [4.78, 5) is 55.6. The number of aliphatic carboxylic acids is 1. The predicted molar refractivity (Wildman–Crippen MR) is 165 cm³/mol. The number of carbonyl (C=O) groups is 4. The van der Waals surface area contributed by atoms with Crippen molar-refractivity contribution in [2.45, 2.75) is 103 Å². The van der Waals surface area contributed by atoms with Crippen molar-refractivity contribution in [1.29, 1.82) is 0 Å². The Kier molecular flexibility index (Phi) is 14.6. The van der Waals surface area contributed by atoms with Gasteiger partial charge in [0.2, 0.25) is 17.7 Å².